The highest BCUT2D eigenvalue weighted by Gasteiger charge is 2.17. The molecule has 0 aliphatic carbocycles. The number of nitrogens with one attached hydrogen (secondary N) is 1. The number of nitrogens with zero attached hydrogens (tertiary/aromatic N) is 2. The van der Waals surface area contributed by atoms with Crippen LogP contribution in [0.2, 0.25) is 0 Å². The summed E-state index contributed by atoms with van der Waals surface area (Å²) < 4.78 is 5.82. The smallest absolute Gasteiger partial charge is 0.265 e. The fourth-order valence-corrected chi connectivity index (χ4v) is 4.01. The predicted octanol–water partition coefficient (Wildman–Crippen LogP) is 5.69. The molecule has 0 saturated heterocycles. The van der Waals surface area contributed by atoms with E-state index in [1.165, 1.54) is 5.56 Å². The van der Waals surface area contributed by atoms with Gasteiger partial charge in [-0.2, -0.15) is 0 Å². The van der Waals surface area contributed by atoms with Gasteiger partial charge in [0.15, 0.2) is 6.10 Å². The molecular formula is C24H23N3O2S. The lowest BCUT2D eigenvalue weighted by Gasteiger charge is -2.16. The quantitative estimate of drug-likeness (QED) is 0.453. The monoisotopic (exact) mass is 417 g/mol. The predicted molar refractivity (Wildman–Crippen MR) is 122 cm³/mol. The first kappa shape index (κ1) is 20.0. The van der Waals surface area contributed by atoms with Gasteiger partial charge >= 0.3 is 0 Å². The molecule has 0 aliphatic rings. The number of carbonyl (C=O) groups is 1. The molecule has 0 spiro atoms. The largest absolute Gasteiger partial charge is 0.481 e. The Morgan fingerprint density at radius 3 is 2.60 bits per heavy atom. The van der Waals surface area contributed by atoms with Gasteiger partial charge in [-0.25, -0.2) is 9.97 Å². The number of amides is 1. The van der Waals surface area contributed by atoms with Crippen molar-refractivity contribution >= 4 is 33.3 Å². The zero-order valence-electron chi connectivity index (χ0n) is 17.4. The Morgan fingerprint density at radius 1 is 1.03 bits per heavy atom. The minimum atomic E-state index is -0.610. The summed E-state index contributed by atoms with van der Waals surface area (Å²) in [4.78, 5) is 22.6. The standard InChI is InChI=1S/C24H23N3O2S/c1-14-7-9-19(13-15(14)2)29-17(4)22(28)26-20-10-8-18(12-16(20)3)23-27-21-6-5-11-25-24(21)30-23/h5-13,17H,1-4H3,(H,26,28). The van der Waals surface area contributed by atoms with Gasteiger partial charge < -0.3 is 10.1 Å². The van der Waals surface area contributed by atoms with Crippen LogP contribution in [0, 0.1) is 20.8 Å². The molecule has 0 bridgehead atoms. The van der Waals surface area contributed by atoms with E-state index in [0.717, 1.165) is 37.7 Å². The number of rotatable bonds is 5. The molecule has 30 heavy (non-hydrogen) atoms. The van der Waals surface area contributed by atoms with E-state index >= 15 is 0 Å². The van der Waals surface area contributed by atoms with Crippen LogP contribution in [0.4, 0.5) is 5.69 Å². The van der Waals surface area contributed by atoms with Gasteiger partial charge in [0.25, 0.3) is 5.91 Å². The lowest BCUT2D eigenvalue weighted by atomic mass is 10.1. The Bertz CT molecular complexity index is 1200. The van der Waals surface area contributed by atoms with Crippen molar-refractivity contribution < 1.29 is 9.53 Å². The van der Waals surface area contributed by atoms with Crippen molar-refractivity contribution in [1.29, 1.82) is 0 Å². The first-order valence-electron chi connectivity index (χ1n) is 9.78. The van der Waals surface area contributed by atoms with Gasteiger partial charge in [-0.05, 0) is 86.8 Å². The van der Waals surface area contributed by atoms with Crippen LogP contribution < -0.4 is 10.1 Å². The number of fused-ring (bicyclic) bond motifs is 1. The number of carbonyl (C=O) groups excluding carboxylic acids is 1. The van der Waals surface area contributed by atoms with Gasteiger partial charge in [0.1, 0.15) is 21.1 Å². The van der Waals surface area contributed by atoms with E-state index < -0.39 is 6.10 Å². The first-order valence-corrected chi connectivity index (χ1v) is 10.6. The molecule has 1 amide bonds. The Balaban J connectivity index is 1.47. The molecule has 4 rings (SSSR count). The third-order valence-electron chi connectivity index (χ3n) is 5.06. The molecule has 5 nitrogen and oxygen atoms in total. The van der Waals surface area contributed by atoms with E-state index in [1.807, 2.05) is 69.3 Å². The minimum absolute atomic E-state index is 0.187. The summed E-state index contributed by atoms with van der Waals surface area (Å²) >= 11 is 1.56. The van der Waals surface area contributed by atoms with Crippen molar-refractivity contribution in [2.75, 3.05) is 5.32 Å². The maximum absolute atomic E-state index is 12.6. The van der Waals surface area contributed by atoms with Crippen LogP contribution in [0.5, 0.6) is 5.75 Å². The van der Waals surface area contributed by atoms with Crippen molar-refractivity contribution in [3.63, 3.8) is 0 Å². The number of aryl methyl sites for hydroxylation is 3. The van der Waals surface area contributed by atoms with E-state index in [-0.39, 0.29) is 5.91 Å². The molecule has 0 fully saturated rings. The molecule has 1 atom stereocenters. The molecule has 2 aromatic carbocycles. The first-order chi connectivity index (χ1) is 14.4. The summed E-state index contributed by atoms with van der Waals surface area (Å²) in [6.45, 7) is 7.80. The van der Waals surface area contributed by atoms with Crippen molar-refractivity contribution in [3.05, 3.63) is 71.4 Å². The fourth-order valence-electron chi connectivity index (χ4n) is 3.11. The summed E-state index contributed by atoms with van der Waals surface area (Å²) in [6, 6.07) is 15.6. The lowest BCUT2D eigenvalue weighted by Crippen LogP contribution is -2.30. The molecule has 2 heterocycles. The molecule has 0 aliphatic heterocycles. The number of anilines is 1. The molecule has 4 aromatic rings. The van der Waals surface area contributed by atoms with Gasteiger partial charge in [0, 0.05) is 17.4 Å². The summed E-state index contributed by atoms with van der Waals surface area (Å²) in [7, 11) is 0. The Hall–Kier alpha value is -3.25. The third kappa shape index (κ3) is 4.19. The molecule has 1 unspecified atom stereocenters. The number of pyridine rings is 1. The Morgan fingerprint density at radius 2 is 1.87 bits per heavy atom. The van der Waals surface area contributed by atoms with Crippen LogP contribution in [0.1, 0.15) is 23.6 Å². The van der Waals surface area contributed by atoms with E-state index in [1.54, 1.807) is 24.5 Å². The second kappa shape index (κ2) is 8.24. The van der Waals surface area contributed by atoms with Crippen molar-refractivity contribution in [2.45, 2.75) is 33.8 Å². The Labute approximate surface area is 179 Å². The molecule has 1 N–H and O–H groups in total. The van der Waals surface area contributed by atoms with Crippen molar-refractivity contribution in [3.8, 4) is 16.3 Å². The molecule has 0 radical (unpaired) electrons. The Kier molecular flexibility index (Phi) is 5.50. The number of ether oxygens (including phenoxy) is 1. The van der Waals surface area contributed by atoms with Gasteiger partial charge in [-0.15, -0.1) is 0 Å². The zero-order chi connectivity index (χ0) is 21.3. The van der Waals surface area contributed by atoms with Crippen LogP contribution in [-0.2, 0) is 4.79 Å². The second-order valence-electron chi connectivity index (χ2n) is 7.37. The van der Waals surface area contributed by atoms with Crippen molar-refractivity contribution in [1.82, 2.24) is 9.97 Å². The SMILES string of the molecule is Cc1ccc(OC(C)C(=O)Nc2ccc(-c3nc4cccnc4s3)cc2C)cc1C. The summed E-state index contributed by atoms with van der Waals surface area (Å²) in [5.41, 5.74) is 5.96. The topological polar surface area (TPSA) is 64.1 Å². The van der Waals surface area contributed by atoms with Crippen LogP contribution in [0.25, 0.3) is 20.9 Å². The van der Waals surface area contributed by atoms with Gasteiger partial charge in [-0.1, -0.05) is 17.4 Å². The highest BCUT2D eigenvalue weighted by molar-refractivity contribution is 7.21. The molecule has 6 heteroatoms. The van der Waals surface area contributed by atoms with Crippen LogP contribution in [0.3, 0.4) is 0 Å². The minimum Gasteiger partial charge on any atom is -0.481 e. The van der Waals surface area contributed by atoms with Crippen LogP contribution in [-0.4, -0.2) is 22.0 Å². The van der Waals surface area contributed by atoms with Crippen LogP contribution >= 0.6 is 11.3 Å². The third-order valence-corrected chi connectivity index (χ3v) is 6.09. The van der Waals surface area contributed by atoms with E-state index in [2.05, 4.69) is 15.3 Å². The normalized spacial score (nSPS) is 12.0. The number of aromatic nitrogens is 2. The molecule has 0 saturated carbocycles. The molecule has 152 valence electrons. The van der Waals surface area contributed by atoms with Gasteiger partial charge in [0.2, 0.25) is 0 Å². The fraction of sp³-hybridized carbons (Fsp3) is 0.208. The second-order valence-corrected chi connectivity index (χ2v) is 8.35. The number of benzene rings is 2. The van der Waals surface area contributed by atoms with E-state index in [0.29, 0.717) is 5.75 Å². The zero-order valence-corrected chi connectivity index (χ0v) is 18.2. The highest BCUT2D eigenvalue weighted by Crippen LogP contribution is 2.31. The lowest BCUT2D eigenvalue weighted by molar-refractivity contribution is -0.122. The average molecular weight is 418 g/mol. The highest BCUT2D eigenvalue weighted by atomic mass is 32.1. The molecule has 2 aromatic heterocycles. The van der Waals surface area contributed by atoms with Gasteiger partial charge in [-0.3, -0.25) is 4.79 Å². The summed E-state index contributed by atoms with van der Waals surface area (Å²) in [6.07, 6.45) is 1.16. The van der Waals surface area contributed by atoms with Crippen LogP contribution in [0.15, 0.2) is 54.7 Å². The summed E-state index contributed by atoms with van der Waals surface area (Å²) in [5, 5.41) is 3.88. The van der Waals surface area contributed by atoms with Crippen molar-refractivity contribution in [2.24, 2.45) is 0 Å². The van der Waals surface area contributed by atoms with E-state index in [4.69, 9.17) is 4.74 Å². The number of hydrogen-bond acceptors (Lipinski definition) is 5. The average Bonchev–Trinajstić information content (AvgIpc) is 3.16. The number of thiazole rings is 1. The summed E-state index contributed by atoms with van der Waals surface area (Å²) in [5.74, 6) is 0.505. The van der Waals surface area contributed by atoms with E-state index in [9.17, 15) is 4.79 Å². The maximum Gasteiger partial charge on any atom is 0.265 e. The number of hydrogen-bond donors (Lipinski definition) is 1. The maximum atomic E-state index is 12.6. The van der Waals surface area contributed by atoms with Gasteiger partial charge in [0.05, 0.1) is 0 Å². The molecular weight excluding hydrogens is 394 g/mol.